The van der Waals surface area contributed by atoms with Gasteiger partial charge in [0.25, 0.3) is 0 Å². The van der Waals surface area contributed by atoms with Crippen LogP contribution >= 0.6 is 15.9 Å². The van der Waals surface area contributed by atoms with Crippen LogP contribution in [0.2, 0.25) is 0 Å². The Morgan fingerprint density at radius 1 is 1.14 bits per heavy atom. The number of rotatable bonds is 5. The van der Waals surface area contributed by atoms with Crippen LogP contribution in [0.1, 0.15) is 25.6 Å². The standard InChI is InChI=1S/C15H19BrN4O/c1-9(2)15-19-13(17-3)8-14(20-15)18-11-7-10(16)5-6-12(11)21-4/h5-9H,1-4H3,(H2,17,18,19,20). The molecule has 0 saturated heterocycles. The first-order valence-electron chi connectivity index (χ1n) is 6.70. The van der Waals surface area contributed by atoms with E-state index in [1.807, 2.05) is 31.3 Å². The van der Waals surface area contributed by atoms with E-state index in [9.17, 15) is 0 Å². The largest absolute Gasteiger partial charge is 0.495 e. The van der Waals surface area contributed by atoms with Crippen LogP contribution in [0.3, 0.4) is 0 Å². The molecule has 0 spiro atoms. The molecule has 2 rings (SSSR count). The molecule has 0 amide bonds. The molecule has 1 aromatic heterocycles. The number of anilines is 3. The number of ether oxygens (including phenoxy) is 1. The summed E-state index contributed by atoms with van der Waals surface area (Å²) in [4.78, 5) is 9.00. The van der Waals surface area contributed by atoms with Crippen molar-refractivity contribution in [2.24, 2.45) is 0 Å². The van der Waals surface area contributed by atoms with E-state index in [2.05, 4.69) is 50.4 Å². The van der Waals surface area contributed by atoms with Gasteiger partial charge in [-0.05, 0) is 18.2 Å². The fraction of sp³-hybridized carbons (Fsp3) is 0.333. The lowest BCUT2D eigenvalue weighted by molar-refractivity contribution is 0.416. The number of halogens is 1. The highest BCUT2D eigenvalue weighted by Crippen LogP contribution is 2.30. The molecule has 1 heterocycles. The van der Waals surface area contributed by atoms with Gasteiger partial charge in [-0.25, -0.2) is 9.97 Å². The Kier molecular flexibility index (Phi) is 5.01. The Bertz CT molecular complexity index is 631. The summed E-state index contributed by atoms with van der Waals surface area (Å²) in [5, 5.41) is 6.34. The molecule has 6 heteroatoms. The number of hydrogen-bond donors (Lipinski definition) is 2. The second kappa shape index (κ2) is 6.76. The van der Waals surface area contributed by atoms with Gasteiger partial charge in [0.1, 0.15) is 23.2 Å². The van der Waals surface area contributed by atoms with Gasteiger partial charge in [-0.1, -0.05) is 29.8 Å². The van der Waals surface area contributed by atoms with Gasteiger partial charge in [0, 0.05) is 23.5 Å². The summed E-state index contributed by atoms with van der Waals surface area (Å²) in [6.45, 7) is 4.14. The highest BCUT2D eigenvalue weighted by molar-refractivity contribution is 9.10. The number of benzene rings is 1. The normalized spacial score (nSPS) is 10.6. The molecule has 2 N–H and O–H groups in total. The Labute approximate surface area is 133 Å². The third-order valence-corrected chi connectivity index (χ3v) is 3.43. The summed E-state index contributed by atoms with van der Waals surface area (Å²) in [6, 6.07) is 7.65. The molecular formula is C15H19BrN4O. The van der Waals surface area contributed by atoms with Gasteiger partial charge in [0.15, 0.2) is 0 Å². The van der Waals surface area contributed by atoms with Crippen LogP contribution in [0.15, 0.2) is 28.7 Å². The first-order chi connectivity index (χ1) is 10.0. The summed E-state index contributed by atoms with van der Waals surface area (Å²) in [6.07, 6.45) is 0. The van der Waals surface area contributed by atoms with E-state index >= 15 is 0 Å². The number of methoxy groups -OCH3 is 1. The Hall–Kier alpha value is -1.82. The van der Waals surface area contributed by atoms with Gasteiger partial charge in [-0.3, -0.25) is 0 Å². The van der Waals surface area contributed by atoms with Crippen molar-refractivity contribution in [3.8, 4) is 5.75 Å². The molecule has 0 radical (unpaired) electrons. The predicted octanol–water partition coefficient (Wildman–Crippen LogP) is 4.16. The number of hydrogen-bond acceptors (Lipinski definition) is 5. The minimum Gasteiger partial charge on any atom is -0.495 e. The van der Waals surface area contributed by atoms with Gasteiger partial charge in [0.05, 0.1) is 12.8 Å². The molecule has 2 aromatic rings. The second-order valence-electron chi connectivity index (χ2n) is 4.87. The molecule has 0 aliphatic carbocycles. The maximum atomic E-state index is 5.36. The van der Waals surface area contributed by atoms with E-state index in [-0.39, 0.29) is 5.92 Å². The first kappa shape index (κ1) is 15.6. The minimum absolute atomic E-state index is 0.253. The summed E-state index contributed by atoms with van der Waals surface area (Å²) in [7, 11) is 3.49. The van der Waals surface area contributed by atoms with Crippen LogP contribution in [0.4, 0.5) is 17.3 Å². The fourth-order valence-electron chi connectivity index (χ4n) is 1.83. The van der Waals surface area contributed by atoms with Crippen LogP contribution in [0.5, 0.6) is 5.75 Å². The monoisotopic (exact) mass is 350 g/mol. The van der Waals surface area contributed by atoms with E-state index in [1.165, 1.54) is 0 Å². The van der Waals surface area contributed by atoms with Crippen LogP contribution in [0, 0.1) is 0 Å². The highest BCUT2D eigenvalue weighted by Gasteiger charge is 2.10. The van der Waals surface area contributed by atoms with Gasteiger partial charge in [-0.2, -0.15) is 0 Å². The maximum absolute atomic E-state index is 5.36. The molecule has 1 aromatic carbocycles. The fourth-order valence-corrected chi connectivity index (χ4v) is 2.19. The molecule has 0 aliphatic heterocycles. The second-order valence-corrected chi connectivity index (χ2v) is 5.79. The van der Waals surface area contributed by atoms with E-state index < -0.39 is 0 Å². The average Bonchev–Trinajstić information content (AvgIpc) is 2.47. The predicted molar refractivity (Wildman–Crippen MR) is 89.6 cm³/mol. The van der Waals surface area contributed by atoms with Crippen molar-refractivity contribution in [2.45, 2.75) is 19.8 Å². The van der Waals surface area contributed by atoms with Crippen LogP contribution in [0.25, 0.3) is 0 Å². The summed E-state index contributed by atoms with van der Waals surface area (Å²) >= 11 is 3.46. The van der Waals surface area contributed by atoms with Crippen molar-refractivity contribution >= 4 is 33.3 Å². The Morgan fingerprint density at radius 3 is 2.48 bits per heavy atom. The SMILES string of the molecule is CNc1cc(Nc2cc(Br)ccc2OC)nc(C(C)C)n1. The lowest BCUT2D eigenvalue weighted by Gasteiger charge is -2.14. The van der Waals surface area contributed by atoms with Gasteiger partial charge >= 0.3 is 0 Å². The molecule has 5 nitrogen and oxygen atoms in total. The van der Waals surface area contributed by atoms with Crippen molar-refractivity contribution < 1.29 is 4.74 Å². The lowest BCUT2D eigenvalue weighted by Crippen LogP contribution is -2.05. The topological polar surface area (TPSA) is 59.1 Å². The van der Waals surface area contributed by atoms with Gasteiger partial charge in [-0.15, -0.1) is 0 Å². The number of nitrogens with one attached hydrogen (secondary N) is 2. The smallest absolute Gasteiger partial charge is 0.142 e. The quantitative estimate of drug-likeness (QED) is 0.847. The van der Waals surface area contributed by atoms with Gasteiger partial charge in [0.2, 0.25) is 0 Å². The van der Waals surface area contributed by atoms with Crippen molar-refractivity contribution in [1.82, 2.24) is 9.97 Å². The van der Waals surface area contributed by atoms with E-state index in [4.69, 9.17) is 4.74 Å². The molecule has 0 atom stereocenters. The number of aromatic nitrogens is 2. The minimum atomic E-state index is 0.253. The molecule has 0 unspecified atom stereocenters. The van der Waals surface area contributed by atoms with Crippen LogP contribution in [-0.4, -0.2) is 24.1 Å². The van der Waals surface area contributed by atoms with E-state index in [0.29, 0.717) is 0 Å². The third-order valence-electron chi connectivity index (χ3n) is 2.94. The third kappa shape index (κ3) is 3.85. The summed E-state index contributed by atoms with van der Waals surface area (Å²) in [5.74, 6) is 3.31. The van der Waals surface area contributed by atoms with Crippen LogP contribution < -0.4 is 15.4 Å². The van der Waals surface area contributed by atoms with Crippen LogP contribution in [-0.2, 0) is 0 Å². The average molecular weight is 351 g/mol. The van der Waals surface area contributed by atoms with Crippen molar-refractivity contribution in [3.63, 3.8) is 0 Å². The zero-order valence-corrected chi connectivity index (χ0v) is 14.2. The molecule has 112 valence electrons. The summed E-state index contributed by atoms with van der Waals surface area (Å²) < 4.78 is 6.33. The van der Waals surface area contributed by atoms with Crippen molar-refractivity contribution in [1.29, 1.82) is 0 Å². The number of nitrogens with zero attached hydrogens (tertiary/aromatic N) is 2. The molecule has 0 bridgehead atoms. The zero-order valence-electron chi connectivity index (χ0n) is 12.6. The Morgan fingerprint density at radius 2 is 1.86 bits per heavy atom. The van der Waals surface area contributed by atoms with E-state index in [1.54, 1.807) is 7.11 Å². The van der Waals surface area contributed by atoms with Gasteiger partial charge < -0.3 is 15.4 Å². The first-order valence-corrected chi connectivity index (χ1v) is 7.50. The highest BCUT2D eigenvalue weighted by atomic mass is 79.9. The Balaban J connectivity index is 2.39. The maximum Gasteiger partial charge on any atom is 0.142 e. The van der Waals surface area contributed by atoms with Crippen molar-refractivity contribution in [3.05, 3.63) is 34.6 Å². The summed E-state index contributed by atoms with van der Waals surface area (Å²) in [5.41, 5.74) is 0.849. The molecular weight excluding hydrogens is 332 g/mol. The van der Waals surface area contributed by atoms with E-state index in [0.717, 1.165) is 33.4 Å². The zero-order chi connectivity index (χ0) is 15.4. The lowest BCUT2D eigenvalue weighted by atomic mass is 10.2. The molecule has 21 heavy (non-hydrogen) atoms. The van der Waals surface area contributed by atoms with Crippen molar-refractivity contribution in [2.75, 3.05) is 24.8 Å². The molecule has 0 aliphatic rings. The molecule has 0 saturated carbocycles. The molecule has 0 fully saturated rings.